The summed E-state index contributed by atoms with van der Waals surface area (Å²) in [5.74, 6) is 0.542. The summed E-state index contributed by atoms with van der Waals surface area (Å²) in [6, 6.07) is 14.9. The first kappa shape index (κ1) is 22.5. The van der Waals surface area contributed by atoms with Crippen LogP contribution in [0.3, 0.4) is 0 Å². The SMILES string of the molecule is CC[C@H](C)NC(=O)[C@H](C)N(Cc1ccccc1C)C(=O)Cc1ccc(OC)cc1. The number of aryl methyl sites for hydroxylation is 1. The summed E-state index contributed by atoms with van der Waals surface area (Å²) in [6.45, 7) is 8.20. The summed E-state index contributed by atoms with van der Waals surface area (Å²) < 4.78 is 5.18. The fourth-order valence-corrected chi connectivity index (χ4v) is 3.04. The van der Waals surface area contributed by atoms with E-state index in [-0.39, 0.29) is 24.3 Å². The van der Waals surface area contributed by atoms with Gasteiger partial charge in [0.2, 0.25) is 11.8 Å². The first-order valence-electron chi connectivity index (χ1n) is 10.1. The Bertz CT molecular complexity index is 817. The third kappa shape index (κ3) is 6.34. The van der Waals surface area contributed by atoms with Crippen molar-refractivity contribution in [3.8, 4) is 5.75 Å². The third-order valence-electron chi connectivity index (χ3n) is 5.28. The molecule has 0 unspecified atom stereocenters. The molecular weight excluding hydrogens is 364 g/mol. The van der Waals surface area contributed by atoms with E-state index in [4.69, 9.17) is 4.74 Å². The highest BCUT2D eigenvalue weighted by atomic mass is 16.5. The molecule has 0 fully saturated rings. The molecule has 2 rings (SSSR count). The van der Waals surface area contributed by atoms with Gasteiger partial charge in [-0.05, 0) is 56.0 Å². The Kier molecular flexibility index (Phi) is 8.25. The summed E-state index contributed by atoms with van der Waals surface area (Å²) >= 11 is 0. The minimum atomic E-state index is -0.561. The standard InChI is InChI=1S/C24H32N2O3/c1-6-18(3)25-24(28)19(4)26(16-21-10-8-7-9-17(21)2)23(27)15-20-11-13-22(29-5)14-12-20/h7-14,18-19H,6,15-16H2,1-5H3,(H,25,28)/t18-,19-/m0/s1. The second-order valence-electron chi connectivity index (χ2n) is 7.47. The molecule has 2 atom stereocenters. The number of ether oxygens (including phenoxy) is 1. The van der Waals surface area contributed by atoms with Crippen LogP contribution >= 0.6 is 0 Å². The number of hydrogen-bond acceptors (Lipinski definition) is 3. The van der Waals surface area contributed by atoms with Crippen molar-refractivity contribution in [3.05, 3.63) is 65.2 Å². The van der Waals surface area contributed by atoms with E-state index < -0.39 is 6.04 Å². The molecule has 0 spiro atoms. The van der Waals surface area contributed by atoms with Crippen LogP contribution in [0, 0.1) is 6.92 Å². The molecule has 0 bridgehead atoms. The molecule has 0 saturated carbocycles. The average molecular weight is 397 g/mol. The van der Waals surface area contributed by atoms with Gasteiger partial charge in [0.25, 0.3) is 0 Å². The van der Waals surface area contributed by atoms with Crippen LogP contribution in [0.4, 0.5) is 0 Å². The van der Waals surface area contributed by atoms with Gasteiger partial charge in [-0.15, -0.1) is 0 Å². The Hall–Kier alpha value is -2.82. The summed E-state index contributed by atoms with van der Waals surface area (Å²) in [7, 11) is 1.61. The molecule has 0 aliphatic carbocycles. The highest BCUT2D eigenvalue weighted by molar-refractivity contribution is 5.88. The summed E-state index contributed by atoms with van der Waals surface area (Å²) in [4.78, 5) is 27.6. The van der Waals surface area contributed by atoms with Gasteiger partial charge in [0.05, 0.1) is 13.5 Å². The van der Waals surface area contributed by atoms with Gasteiger partial charge >= 0.3 is 0 Å². The van der Waals surface area contributed by atoms with Gasteiger partial charge in [-0.1, -0.05) is 43.3 Å². The molecule has 0 heterocycles. The molecule has 5 nitrogen and oxygen atoms in total. The van der Waals surface area contributed by atoms with E-state index in [1.54, 1.807) is 18.9 Å². The maximum absolute atomic E-state index is 13.2. The van der Waals surface area contributed by atoms with Crippen molar-refractivity contribution in [3.63, 3.8) is 0 Å². The van der Waals surface area contributed by atoms with Crippen LogP contribution in [0.2, 0.25) is 0 Å². The second-order valence-corrected chi connectivity index (χ2v) is 7.47. The zero-order chi connectivity index (χ0) is 21.4. The molecule has 2 aromatic rings. The highest BCUT2D eigenvalue weighted by Gasteiger charge is 2.27. The lowest BCUT2D eigenvalue weighted by molar-refractivity contribution is -0.140. The first-order valence-corrected chi connectivity index (χ1v) is 10.1. The molecule has 0 aromatic heterocycles. The maximum Gasteiger partial charge on any atom is 0.242 e. The first-order chi connectivity index (χ1) is 13.8. The zero-order valence-corrected chi connectivity index (χ0v) is 18.1. The molecule has 2 amide bonds. The number of hydrogen-bond donors (Lipinski definition) is 1. The van der Waals surface area contributed by atoms with Gasteiger partial charge in [0, 0.05) is 12.6 Å². The van der Waals surface area contributed by atoms with E-state index in [1.807, 2.05) is 69.3 Å². The number of benzene rings is 2. The van der Waals surface area contributed by atoms with Gasteiger partial charge in [0.15, 0.2) is 0 Å². The number of rotatable bonds is 9. The van der Waals surface area contributed by atoms with Crippen LogP contribution in [0.5, 0.6) is 5.75 Å². The number of methoxy groups -OCH3 is 1. The maximum atomic E-state index is 13.2. The second kappa shape index (κ2) is 10.6. The molecule has 0 saturated heterocycles. The van der Waals surface area contributed by atoms with Gasteiger partial charge in [0.1, 0.15) is 11.8 Å². The largest absolute Gasteiger partial charge is 0.497 e. The van der Waals surface area contributed by atoms with E-state index in [1.165, 1.54) is 0 Å². The van der Waals surface area contributed by atoms with Gasteiger partial charge in [-0.2, -0.15) is 0 Å². The Morgan fingerprint density at radius 1 is 1.07 bits per heavy atom. The summed E-state index contributed by atoms with van der Waals surface area (Å²) in [6.07, 6.45) is 1.08. The van der Waals surface area contributed by atoms with Crippen molar-refractivity contribution in [2.24, 2.45) is 0 Å². The van der Waals surface area contributed by atoms with Crippen molar-refractivity contribution in [1.82, 2.24) is 10.2 Å². The Labute approximate surface area is 174 Å². The van der Waals surface area contributed by atoms with Gasteiger partial charge in [-0.3, -0.25) is 9.59 Å². The van der Waals surface area contributed by atoms with Crippen LogP contribution in [-0.4, -0.2) is 35.9 Å². The number of amides is 2. The molecule has 29 heavy (non-hydrogen) atoms. The highest BCUT2D eigenvalue weighted by Crippen LogP contribution is 2.17. The Morgan fingerprint density at radius 2 is 1.72 bits per heavy atom. The summed E-state index contributed by atoms with van der Waals surface area (Å²) in [5, 5.41) is 2.99. The van der Waals surface area contributed by atoms with E-state index >= 15 is 0 Å². The van der Waals surface area contributed by atoms with Gasteiger partial charge < -0.3 is 15.0 Å². The minimum Gasteiger partial charge on any atom is -0.497 e. The lowest BCUT2D eigenvalue weighted by atomic mass is 10.1. The number of carbonyl (C=O) groups excluding carboxylic acids is 2. The topological polar surface area (TPSA) is 58.6 Å². The van der Waals surface area contributed by atoms with Crippen LogP contribution < -0.4 is 10.1 Å². The Balaban J connectivity index is 2.23. The molecule has 0 radical (unpaired) electrons. The molecule has 5 heteroatoms. The molecule has 156 valence electrons. The fraction of sp³-hybridized carbons (Fsp3) is 0.417. The van der Waals surface area contributed by atoms with E-state index in [0.717, 1.165) is 28.9 Å². The normalized spacial score (nSPS) is 12.7. The predicted molar refractivity (Wildman–Crippen MR) is 116 cm³/mol. The smallest absolute Gasteiger partial charge is 0.242 e. The molecular formula is C24H32N2O3. The quantitative estimate of drug-likeness (QED) is 0.700. The number of nitrogens with zero attached hydrogens (tertiary/aromatic N) is 1. The summed E-state index contributed by atoms with van der Waals surface area (Å²) in [5.41, 5.74) is 3.03. The van der Waals surface area contributed by atoms with Crippen molar-refractivity contribution < 1.29 is 14.3 Å². The van der Waals surface area contributed by atoms with E-state index in [2.05, 4.69) is 5.32 Å². The van der Waals surface area contributed by atoms with E-state index in [0.29, 0.717) is 6.54 Å². The fourth-order valence-electron chi connectivity index (χ4n) is 3.04. The number of carbonyl (C=O) groups is 2. The lowest BCUT2D eigenvalue weighted by Gasteiger charge is -2.30. The Morgan fingerprint density at radius 3 is 2.31 bits per heavy atom. The van der Waals surface area contributed by atoms with E-state index in [9.17, 15) is 9.59 Å². The van der Waals surface area contributed by atoms with Crippen LogP contribution in [0.1, 0.15) is 43.9 Å². The lowest BCUT2D eigenvalue weighted by Crippen LogP contribution is -2.50. The van der Waals surface area contributed by atoms with Crippen LogP contribution in [-0.2, 0) is 22.6 Å². The number of nitrogens with one attached hydrogen (secondary N) is 1. The average Bonchev–Trinajstić information content (AvgIpc) is 2.72. The van der Waals surface area contributed by atoms with Crippen LogP contribution in [0.25, 0.3) is 0 Å². The zero-order valence-electron chi connectivity index (χ0n) is 18.1. The molecule has 1 N–H and O–H groups in total. The van der Waals surface area contributed by atoms with Gasteiger partial charge in [-0.25, -0.2) is 0 Å². The van der Waals surface area contributed by atoms with Crippen molar-refractivity contribution >= 4 is 11.8 Å². The van der Waals surface area contributed by atoms with Crippen molar-refractivity contribution in [1.29, 1.82) is 0 Å². The molecule has 0 aliphatic heterocycles. The molecule has 2 aromatic carbocycles. The predicted octanol–water partition coefficient (Wildman–Crippen LogP) is 3.88. The van der Waals surface area contributed by atoms with Crippen molar-refractivity contribution in [2.75, 3.05) is 7.11 Å². The monoisotopic (exact) mass is 396 g/mol. The third-order valence-corrected chi connectivity index (χ3v) is 5.28. The van der Waals surface area contributed by atoms with Crippen molar-refractivity contribution in [2.45, 2.75) is 59.2 Å². The van der Waals surface area contributed by atoms with Crippen LogP contribution in [0.15, 0.2) is 48.5 Å². The minimum absolute atomic E-state index is 0.0713. The molecule has 0 aliphatic rings.